The van der Waals surface area contributed by atoms with Crippen LogP contribution in [0.15, 0.2) is 54.9 Å². The Labute approximate surface area is 87.6 Å². The Kier molecular flexibility index (Phi) is 1.78. The predicted octanol–water partition coefficient (Wildman–Crippen LogP) is 3.23. The summed E-state index contributed by atoms with van der Waals surface area (Å²) in [5, 5.41) is 1.17. The largest absolute Gasteiger partial charge is 0.361 e. The van der Waals surface area contributed by atoms with Gasteiger partial charge in [0, 0.05) is 29.0 Å². The van der Waals surface area contributed by atoms with E-state index in [1.807, 2.05) is 42.7 Å². The van der Waals surface area contributed by atoms with Crippen LogP contribution in [0, 0.1) is 0 Å². The van der Waals surface area contributed by atoms with E-state index in [4.69, 9.17) is 0 Å². The summed E-state index contributed by atoms with van der Waals surface area (Å²) in [6.07, 6.45) is 3.82. The van der Waals surface area contributed by atoms with Crippen molar-refractivity contribution in [2.45, 2.75) is 0 Å². The maximum Gasteiger partial charge on any atom is 0.0702 e. The number of nitrogens with one attached hydrogen (secondary N) is 1. The summed E-state index contributed by atoms with van der Waals surface area (Å²) < 4.78 is 0. The summed E-state index contributed by atoms with van der Waals surface area (Å²) in [5.74, 6) is 0. The topological polar surface area (TPSA) is 28.7 Å². The maximum atomic E-state index is 4.42. The first kappa shape index (κ1) is 8.24. The number of aromatic amines is 1. The monoisotopic (exact) mass is 194 g/mol. The zero-order chi connectivity index (χ0) is 10.1. The number of nitrogens with zero attached hydrogens (tertiary/aromatic N) is 1. The van der Waals surface area contributed by atoms with E-state index < -0.39 is 0 Å². The van der Waals surface area contributed by atoms with Crippen LogP contribution < -0.4 is 0 Å². The van der Waals surface area contributed by atoms with Crippen LogP contribution in [0.25, 0.3) is 22.2 Å². The minimum absolute atomic E-state index is 1.04. The molecule has 2 heterocycles. The van der Waals surface area contributed by atoms with E-state index in [-0.39, 0.29) is 0 Å². The highest BCUT2D eigenvalue weighted by Crippen LogP contribution is 2.20. The van der Waals surface area contributed by atoms with Crippen molar-refractivity contribution >= 4 is 10.9 Å². The normalized spacial score (nSPS) is 10.7. The Morgan fingerprint density at radius 1 is 1.00 bits per heavy atom. The lowest BCUT2D eigenvalue weighted by atomic mass is 10.1. The third-order valence-electron chi connectivity index (χ3n) is 2.50. The molecule has 0 unspecified atom stereocenters. The van der Waals surface area contributed by atoms with E-state index in [0.717, 1.165) is 16.8 Å². The number of aromatic nitrogens is 2. The molecule has 72 valence electrons. The second-order valence-electron chi connectivity index (χ2n) is 3.50. The van der Waals surface area contributed by atoms with Gasteiger partial charge in [-0.25, -0.2) is 0 Å². The molecule has 3 rings (SSSR count). The third-order valence-corrected chi connectivity index (χ3v) is 2.50. The molecule has 15 heavy (non-hydrogen) atoms. The second-order valence-corrected chi connectivity index (χ2v) is 3.50. The molecule has 1 N–H and O–H groups in total. The smallest absolute Gasteiger partial charge is 0.0702 e. The van der Waals surface area contributed by atoms with Gasteiger partial charge < -0.3 is 4.98 Å². The Balaban J connectivity index is 2.22. The highest BCUT2D eigenvalue weighted by atomic mass is 14.7. The van der Waals surface area contributed by atoms with Crippen LogP contribution in [0.4, 0.5) is 0 Å². The second kappa shape index (κ2) is 3.24. The van der Waals surface area contributed by atoms with Crippen molar-refractivity contribution in [3.8, 4) is 11.3 Å². The maximum absolute atomic E-state index is 4.42. The summed E-state index contributed by atoms with van der Waals surface area (Å²) in [6, 6.07) is 14.3. The molecule has 0 saturated heterocycles. The Bertz CT molecular complexity index is 582. The van der Waals surface area contributed by atoms with Crippen LogP contribution in [-0.4, -0.2) is 9.97 Å². The molecule has 0 fully saturated rings. The van der Waals surface area contributed by atoms with Crippen molar-refractivity contribution in [3.05, 3.63) is 54.9 Å². The van der Waals surface area contributed by atoms with Crippen LogP contribution >= 0.6 is 0 Å². The highest BCUT2D eigenvalue weighted by molar-refractivity contribution is 5.82. The summed E-state index contributed by atoms with van der Waals surface area (Å²) in [6.45, 7) is 0. The van der Waals surface area contributed by atoms with Crippen LogP contribution in [-0.2, 0) is 0 Å². The first-order valence-corrected chi connectivity index (χ1v) is 4.92. The average Bonchev–Trinajstić information content (AvgIpc) is 2.82. The molecule has 0 bridgehead atoms. The van der Waals surface area contributed by atoms with Gasteiger partial charge in [-0.15, -0.1) is 0 Å². The standard InChI is InChI=1S/C13H10N2/c1-2-5-12-10(4-1)8-11(9-15-12)13-6-3-7-14-13/h1-9,14H. The molecule has 3 aromatic rings. The zero-order valence-corrected chi connectivity index (χ0v) is 8.14. The summed E-state index contributed by atoms with van der Waals surface area (Å²) >= 11 is 0. The third kappa shape index (κ3) is 1.40. The van der Waals surface area contributed by atoms with Crippen LogP contribution in [0.5, 0.6) is 0 Å². The molecular formula is C13H10N2. The fourth-order valence-electron chi connectivity index (χ4n) is 1.73. The molecule has 0 atom stereocenters. The molecule has 0 aliphatic rings. The van der Waals surface area contributed by atoms with Crippen LogP contribution in [0.2, 0.25) is 0 Å². The lowest BCUT2D eigenvalue weighted by Crippen LogP contribution is -1.82. The van der Waals surface area contributed by atoms with Gasteiger partial charge in [0.05, 0.1) is 5.52 Å². The fraction of sp³-hybridized carbons (Fsp3) is 0. The van der Waals surface area contributed by atoms with E-state index in [0.29, 0.717) is 0 Å². The number of H-pyrrole nitrogens is 1. The lowest BCUT2D eigenvalue weighted by Gasteiger charge is -2.00. The molecule has 0 amide bonds. The number of hydrogen-bond donors (Lipinski definition) is 1. The van der Waals surface area contributed by atoms with Gasteiger partial charge in [0.1, 0.15) is 0 Å². The van der Waals surface area contributed by atoms with Crippen molar-refractivity contribution in [2.24, 2.45) is 0 Å². The number of hydrogen-bond acceptors (Lipinski definition) is 1. The number of pyridine rings is 1. The van der Waals surface area contributed by atoms with Crippen molar-refractivity contribution in [1.29, 1.82) is 0 Å². The summed E-state index contributed by atoms with van der Waals surface area (Å²) in [7, 11) is 0. The SMILES string of the molecule is c1c[nH]c(-c2cnc3ccccc3c2)c1. The van der Waals surface area contributed by atoms with Gasteiger partial charge in [0.2, 0.25) is 0 Å². The van der Waals surface area contributed by atoms with Crippen molar-refractivity contribution in [3.63, 3.8) is 0 Å². The number of benzene rings is 1. The van der Waals surface area contributed by atoms with Gasteiger partial charge in [0.15, 0.2) is 0 Å². The van der Waals surface area contributed by atoms with Gasteiger partial charge in [-0.05, 0) is 24.3 Å². The average molecular weight is 194 g/mol. The van der Waals surface area contributed by atoms with Crippen molar-refractivity contribution in [2.75, 3.05) is 0 Å². The molecule has 0 aliphatic carbocycles. The summed E-state index contributed by atoms with van der Waals surface area (Å²) in [5.41, 5.74) is 3.26. The van der Waals surface area contributed by atoms with E-state index in [1.165, 1.54) is 5.39 Å². The van der Waals surface area contributed by atoms with E-state index >= 15 is 0 Å². The van der Waals surface area contributed by atoms with Crippen LogP contribution in [0.3, 0.4) is 0 Å². The molecule has 0 saturated carbocycles. The molecule has 0 spiro atoms. The Morgan fingerprint density at radius 2 is 1.93 bits per heavy atom. The highest BCUT2D eigenvalue weighted by Gasteiger charge is 1.99. The Morgan fingerprint density at radius 3 is 2.80 bits per heavy atom. The van der Waals surface area contributed by atoms with E-state index in [2.05, 4.69) is 22.1 Å². The van der Waals surface area contributed by atoms with Gasteiger partial charge in [0.25, 0.3) is 0 Å². The zero-order valence-electron chi connectivity index (χ0n) is 8.14. The Hall–Kier alpha value is -2.09. The number of para-hydroxylation sites is 1. The van der Waals surface area contributed by atoms with Crippen molar-refractivity contribution < 1.29 is 0 Å². The van der Waals surface area contributed by atoms with Gasteiger partial charge in [-0.2, -0.15) is 0 Å². The number of rotatable bonds is 1. The lowest BCUT2D eigenvalue weighted by molar-refractivity contribution is 1.36. The molecule has 0 aliphatic heterocycles. The first-order chi connectivity index (χ1) is 7.43. The molecule has 2 aromatic heterocycles. The molecule has 0 radical (unpaired) electrons. The van der Waals surface area contributed by atoms with Gasteiger partial charge in [-0.3, -0.25) is 4.98 Å². The summed E-state index contributed by atoms with van der Waals surface area (Å²) in [4.78, 5) is 7.60. The minimum atomic E-state index is 1.04. The van der Waals surface area contributed by atoms with E-state index in [1.54, 1.807) is 0 Å². The van der Waals surface area contributed by atoms with Gasteiger partial charge in [-0.1, -0.05) is 18.2 Å². The molecule has 1 aromatic carbocycles. The molecule has 2 nitrogen and oxygen atoms in total. The van der Waals surface area contributed by atoms with Gasteiger partial charge >= 0.3 is 0 Å². The van der Waals surface area contributed by atoms with Crippen molar-refractivity contribution in [1.82, 2.24) is 9.97 Å². The molecular weight excluding hydrogens is 184 g/mol. The molecule has 2 heteroatoms. The van der Waals surface area contributed by atoms with E-state index in [9.17, 15) is 0 Å². The first-order valence-electron chi connectivity index (χ1n) is 4.92. The fourth-order valence-corrected chi connectivity index (χ4v) is 1.73. The number of fused-ring (bicyclic) bond motifs is 1. The quantitative estimate of drug-likeness (QED) is 0.633. The minimum Gasteiger partial charge on any atom is -0.361 e. The predicted molar refractivity (Wildman–Crippen MR) is 61.5 cm³/mol. The van der Waals surface area contributed by atoms with Crippen LogP contribution in [0.1, 0.15) is 0 Å².